The molecule has 0 atom stereocenters. The summed E-state index contributed by atoms with van der Waals surface area (Å²) in [5.41, 5.74) is 12.6. The van der Waals surface area contributed by atoms with E-state index in [2.05, 4.69) is 83.0 Å². The number of benzene rings is 4. The highest BCUT2D eigenvalue weighted by Gasteiger charge is 2.23. The van der Waals surface area contributed by atoms with Crippen molar-refractivity contribution in [2.45, 2.75) is 5.92 Å². The van der Waals surface area contributed by atoms with Crippen molar-refractivity contribution in [2.75, 3.05) is 5.73 Å². The van der Waals surface area contributed by atoms with E-state index < -0.39 is 0 Å². The Morgan fingerprint density at radius 2 is 1.24 bits per heavy atom. The van der Waals surface area contributed by atoms with Gasteiger partial charge in [-0.05, 0) is 53.1 Å². The minimum atomic E-state index is 0.0222. The van der Waals surface area contributed by atoms with Gasteiger partial charge in [0.2, 0.25) is 0 Å². The minimum Gasteiger partial charge on any atom is -0.455 e. The number of anilines is 1. The topological polar surface area (TPSA) is 66.8 Å². The summed E-state index contributed by atoms with van der Waals surface area (Å²) in [4.78, 5) is 6.90. The van der Waals surface area contributed by atoms with Crippen LogP contribution in [0.3, 0.4) is 0 Å². The van der Waals surface area contributed by atoms with Crippen molar-refractivity contribution in [3.63, 3.8) is 0 Å². The van der Waals surface area contributed by atoms with Gasteiger partial charge in [-0.25, -0.2) is 0 Å². The number of aromatic amines is 2. The number of nitrogens with one attached hydrogen (secondary N) is 2. The first kappa shape index (κ1) is 19.3. The average molecular weight is 430 g/mol. The fourth-order valence-corrected chi connectivity index (χ4v) is 4.65. The SMILES string of the molecule is Nc1ccccc1Oc1cccc(C(c2c[nH]c3ccccc23)c2c[nH]c3ccccc23)c1. The van der Waals surface area contributed by atoms with Crippen molar-refractivity contribution < 1.29 is 4.74 Å². The molecule has 0 fully saturated rings. The Bertz CT molecular complexity index is 1500. The average Bonchev–Trinajstić information content (AvgIpc) is 3.47. The number of nitrogens with two attached hydrogens (primary N) is 1. The van der Waals surface area contributed by atoms with E-state index in [1.807, 2.05) is 36.4 Å². The summed E-state index contributed by atoms with van der Waals surface area (Å²) < 4.78 is 6.17. The maximum atomic E-state index is 6.17. The van der Waals surface area contributed by atoms with Gasteiger partial charge < -0.3 is 20.4 Å². The summed E-state index contributed by atoms with van der Waals surface area (Å²) in [5.74, 6) is 1.44. The molecule has 0 aliphatic rings. The summed E-state index contributed by atoms with van der Waals surface area (Å²) in [7, 11) is 0. The maximum absolute atomic E-state index is 6.17. The number of hydrogen-bond acceptors (Lipinski definition) is 2. The van der Waals surface area contributed by atoms with Crippen molar-refractivity contribution in [1.29, 1.82) is 0 Å². The van der Waals surface area contributed by atoms with E-state index in [1.54, 1.807) is 0 Å². The second kappa shape index (κ2) is 7.92. The van der Waals surface area contributed by atoms with Gasteiger partial charge in [0.1, 0.15) is 11.5 Å². The first-order valence-electron chi connectivity index (χ1n) is 11.0. The number of aromatic nitrogens is 2. The summed E-state index contributed by atoms with van der Waals surface area (Å²) in [6.07, 6.45) is 4.25. The van der Waals surface area contributed by atoms with E-state index >= 15 is 0 Å². The lowest BCUT2D eigenvalue weighted by Gasteiger charge is -2.19. The lowest BCUT2D eigenvalue weighted by Crippen LogP contribution is -2.03. The fraction of sp³-hybridized carbons (Fsp3) is 0.0345. The van der Waals surface area contributed by atoms with E-state index in [0.717, 1.165) is 22.3 Å². The third-order valence-electron chi connectivity index (χ3n) is 6.20. The highest BCUT2D eigenvalue weighted by molar-refractivity contribution is 5.89. The zero-order valence-electron chi connectivity index (χ0n) is 18.0. The molecule has 0 spiro atoms. The summed E-state index contributed by atoms with van der Waals surface area (Å²) in [6.45, 7) is 0. The van der Waals surface area contributed by atoms with Crippen LogP contribution in [-0.4, -0.2) is 9.97 Å². The normalized spacial score (nSPS) is 11.4. The molecule has 33 heavy (non-hydrogen) atoms. The van der Waals surface area contributed by atoms with Gasteiger partial charge in [-0.15, -0.1) is 0 Å². The Labute approximate surface area is 191 Å². The molecule has 0 aliphatic carbocycles. The molecule has 0 bridgehead atoms. The first-order chi connectivity index (χ1) is 16.3. The maximum Gasteiger partial charge on any atom is 0.150 e. The number of rotatable bonds is 5. The predicted molar refractivity (Wildman–Crippen MR) is 135 cm³/mol. The molecular weight excluding hydrogens is 406 g/mol. The first-order valence-corrected chi connectivity index (χ1v) is 11.0. The van der Waals surface area contributed by atoms with Gasteiger partial charge in [-0.3, -0.25) is 0 Å². The standard InChI is InChI=1S/C29H23N3O/c30-25-12-3-6-15-28(25)33-20-9-7-8-19(16-20)29(23-17-31-26-13-4-1-10-21(23)26)24-18-32-27-14-5-2-11-22(24)27/h1-18,29,31-32H,30H2. The quantitative estimate of drug-likeness (QED) is 0.254. The molecule has 6 aromatic rings. The van der Waals surface area contributed by atoms with Crippen LogP contribution in [0, 0.1) is 0 Å². The van der Waals surface area contributed by atoms with Gasteiger partial charge >= 0.3 is 0 Å². The third-order valence-corrected chi connectivity index (χ3v) is 6.20. The molecule has 4 nitrogen and oxygen atoms in total. The van der Waals surface area contributed by atoms with E-state index in [1.165, 1.54) is 21.9 Å². The van der Waals surface area contributed by atoms with Crippen molar-refractivity contribution in [1.82, 2.24) is 9.97 Å². The Hall–Kier alpha value is -4.44. The molecule has 0 saturated heterocycles. The molecule has 0 radical (unpaired) electrons. The van der Waals surface area contributed by atoms with Crippen LogP contribution in [-0.2, 0) is 0 Å². The number of ether oxygens (including phenoxy) is 1. The number of para-hydroxylation sites is 4. The summed E-state index contributed by atoms with van der Waals surface area (Å²) >= 11 is 0. The molecule has 4 N–H and O–H groups in total. The van der Waals surface area contributed by atoms with Crippen molar-refractivity contribution in [3.8, 4) is 11.5 Å². The second-order valence-corrected chi connectivity index (χ2v) is 8.22. The Balaban J connectivity index is 1.52. The molecule has 2 aromatic heterocycles. The number of hydrogen-bond donors (Lipinski definition) is 3. The number of nitrogen functional groups attached to an aromatic ring is 1. The Morgan fingerprint density at radius 1 is 0.636 bits per heavy atom. The molecule has 0 amide bonds. The molecule has 2 heterocycles. The Kier molecular flexibility index (Phi) is 4.62. The lowest BCUT2D eigenvalue weighted by molar-refractivity contribution is 0.484. The fourth-order valence-electron chi connectivity index (χ4n) is 4.65. The van der Waals surface area contributed by atoms with Crippen LogP contribution in [0.5, 0.6) is 11.5 Å². The van der Waals surface area contributed by atoms with Crippen LogP contribution in [0.1, 0.15) is 22.6 Å². The molecule has 0 aliphatic heterocycles. The third kappa shape index (κ3) is 3.42. The van der Waals surface area contributed by atoms with Crippen LogP contribution >= 0.6 is 0 Å². The minimum absolute atomic E-state index is 0.0222. The Morgan fingerprint density at radius 3 is 1.91 bits per heavy atom. The van der Waals surface area contributed by atoms with E-state index in [-0.39, 0.29) is 5.92 Å². The van der Waals surface area contributed by atoms with E-state index in [4.69, 9.17) is 10.5 Å². The van der Waals surface area contributed by atoms with Crippen LogP contribution < -0.4 is 10.5 Å². The molecule has 4 aromatic carbocycles. The van der Waals surface area contributed by atoms with Crippen molar-refractivity contribution in [3.05, 3.63) is 126 Å². The highest BCUT2D eigenvalue weighted by Crippen LogP contribution is 2.40. The van der Waals surface area contributed by atoms with Gasteiger partial charge in [0.25, 0.3) is 0 Å². The largest absolute Gasteiger partial charge is 0.455 e. The molecule has 160 valence electrons. The highest BCUT2D eigenvalue weighted by atomic mass is 16.5. The van der Waals surface area contributed by atoms with Crippen LogP contribution in [0.2, 0.25) is 0 Å². The number of H-pyrrole nitrogens is 2. The summed E-state index contributed by atoms with van der Waals surface area (Å²) in [5, 5.41) is 2.43. The van der Waals surface area contributed by atoms with Gasteiger partial charge in [0.15, 0.2) is 0 Å². The van der Waals surface area contributed by atoms with Crippen molar-refractivity contribution >= 4 is 27.5 Å². The van der Waals surface area contributed by atoms with Crippen molar-refractivity contribution in [2.24, 2.45) is 0 Å². The zero-order valence-corrected chi connectivity index (χ0v) is 18.0. The molecule has 4 heteroatoms. The van der Waals surface area contributed by atoms with Gasteiger partial charge in [-0.1, -0.05) is 60.7 Å². The molecular formula is C29H23N3O. The van der Waals surface area contributed by atoms with Crippen LogP contribution in [0.15, 0.2) is 109 Å². The zero-order chi connectivity index (χ0) is 22.2. The lowest BCUT2D eigenvalue weighted by atomic mass is 9.84. The second-order valence-electron chi connectivity index (χ2n) is 8.22. The van der Waals surface area contributed by atoms with Crippen LogP contribution in [0.25, 0.3) is 21.8 Å². The van der Waals surface area contributed by atoms with E-state index in [0.29, 0.717) is 11.4 Å². The molecule has 0 unspecified atom stereocenters. The predicted octanol–water partition coefficient (Wildman–Crippen LogP) is 7.20. The monoisotopic (exact) mass is 429 g/mol. The van der Waals surface area contributed by atoms with Crippen LogP contribution in [0.4, 0.5) is 5.69 Å². The van der Waals surface area contributed by atoms with E-state index in [9.17, 15) is 0 Å². The molecule has 6 rings (SSSR count). The summed E-state index contributed by atoms with van der Waals surface area (Å²) in [6, 6.07) is 32.7. The van der Waals surface area contributed by atoms with Gasteiger partial charge in [0.05, 0.1) is 5.69 Å². The van der Waals surface area contributed by atoms with Gasteiger partial charge in [-0.2, -0.15) is 0 Å². The van der Waals surface area contributed by atoms with Gasteiger partial charge in [0, 0.05) is 40.1 Å². The smallest absolute Gasteiger partial charge is 0.150 e. The molecule has 0 saturated carbocycles. The number of fused-ring (bicyclic) bond motifs is 2.